The predicted molar refractivity (Wildman–Crippen MR) is 63.9 cm³/mol. The second-order valence-corrected chi connectivity index (χ2v) is 3.74. The van der Waals surface area contributed by atoms with E-state index in [4.69, 9.17) is 5.73 Å². The van der Waals surface area contributed by atoms with Crippen LogP contribution in [-0.2, 0) is 13.6 Å². The third-order valence-electron chi connectivity index (χ3n) is 2.43. The van der Waals surface area contributed by atoms with E-state index in [0.29, 0.717) is 12.2 Å². The van der Waals surface area contributed by atoms with Crippen LogP contribution in [0.25, 0.3) is 0 Å². The maximum Gasteiger partial charge on any atom is 0.129 e. The highest BCUT2D eigenvalue weighted by atomic mass is 15.1. The van der Waals surface area contributed by atoms with E-state index in [2.05, 4.69) is 15.3 Å². The molecule has 5 heteroatoms. The highest BCUT2D eigenvalue weighted by Gasteiger charge is 2.02. The molecule has 84 valence electrons. The molecule has 0 saturated heterocycles. The van der Waals surface area contributed by atoms with Crippen molar-refractivity contribution in [1.29, 1.82) is 0 Å². The summed E-state index contributed by atoms with van der Waals surface area (Å²) in [6, 6.07) is 1.90. The number of hydrogen-bond acceptors (Lipinski definition) is 4. The van der Waals surface area contributed by atoms with Crippen molar-refractivity contribution in [2.45, 2.75) is 13.5 Å². The zero-order valence-corrected chi connectivity index (χ0v) is 9.44. The fourth-order valence-corrected chi connectivity index (χ4v) is 1.51. The highest BCUT2D eigenvalue weighted by molar-refractivity contribution is 5.50. The molecule has 0 aliphatic carbocycles. The molecular weight excluding hydrogens is 202 g/mol. The van der Waals surface area contributed by atoms with Crippen molar-refractivity contribution >= 4 is 11.5 Å². The van der Waals surface area contributed by atoms with Gasteiger partial charge < -0.3 is 15.6 Å². The number of nitrogen functional groups attached to an aromatic ring is 1. The number of nitrogens with zero attached hydrogens (tertiary/aromatic N) is 3. The Morgan fingerprint density at radius 2 is 2.25 bits per heavy atom. The van der Waals surface area contributed by atoms with Gasteiger partial charge in [0.05, 0.1) is 18.4 Å². The van der Waals surface area contributed by atoms with Gasteiger partial charge in [0.15, 0.2) is 0 Å². The minimum Gasteiger partial charge on any atom is -0.397 e. The van der Waals surface area contributed by atoms with Crippen LogP contribution in [0.3, 0.4) is 0 Å². The molecule has 5 nitrogen and oxygen atoms in total. The van der Waals surface area contributed by atoms with Gasteiger partial charge >= 0.3 is 0 Å². The Kier molecular flexibility index (Phi) is 2.76. The van der Waals surface area contributed by atoms with Crippen molar-refractivity contribution in [2.75, 3.05) is 11.1 Å². The van der Waals surface area contributed by atoms with E-state index >= 15 is 0 Å². The number of anilines is 2. The lowest BCUT2D eigenvalue weighted by Gasteiger charge is -2.08. The van der Waals surface area contributed by atoms with Crippen LogP contribution < -0.4 is 11.1 Å². The van der Waals surface area contributed by atoms with E-state index in [1.54, 1.807) is 12.4 Å². The maximum atomic E-state index is 5.64. The van der Waals surface area contributed by atoms with E-state index in [9.17, 15) is 0 Å². The van der Waals surface area contributed by atoms with Gasteiger partial charge in [-0.15, -0.1) is 0 Å². The Balaban J connectivity index is 2.08. The van der Waals surface area contributed by atoms with Crippen LogP contribution in [0, 0.1) is 6.92 Å². The van der Waals surface area contributed by atoms with E-state index in [1.807, 2.05) is 30.8 Å². The van der Waals surface area contributed by atoms with Crippen molar-refractivity contribution in [3.8, 4) is 0 Å². The lowest BCUT2D eigenvalue weighted by molar-refractivity contribution is 0.810. The summed E-state index contributed by atoms with van der Waals surface area (Å²) in [6.07, 6.45) is 5.34. The standard InChI is InChI=1S/C11H15N5/c1-8-5-9(12)6-14-11(8)15-7-10-13-3-4-16(10)2/h3-6H,7,12H2,1-2H3,(H,14,15). The average Bonchev–Trinajstić information content (AvgIpc) is 2.63. The summed E-state index contributed by atoms with van der Waals surface area (Å²) in [5.74, 6) is 1.82. The minimum absolute atomic E-state index is 0.654. The first-order valence-electron chi connectivity index (χ1n) is 5.09. The lowest BCUT2D eigenvalue weighted by Crippen LogP contribution is -2.08. The van der Waals surface area contributed by atoms with Gasteiger partial charge in [-0.25, -0.2) is 9.97 Å². The number of rotatable bonds is 3. The van der Waals surface area contributed by atoms with Gasteiger partial charge in [-0.1, -0.05) is 0 Å². The predicted octanol–water partition coefficient (Wildman–Crippen LogP) is 1.32. The first-order chi connectivity index (χ1) is 7.66. The van der Waals surface area contributed by atoms with Gasteiger partial charge in [0.25, 0.3) is 0 Å². The molecule has 2 rings (SSSR count). The maximum absolute atomic E-state index is 5.64. The number of aryl methyl sites for hydroxylation is 2. The van der Waals surface area contributed by atoms with Crippen LogP contribution in [0.1, 0.15) is 11.4 Å². The molecule has 0 spiro atoms. The fraction of sp³-hybridized carbons (Fsp3) is 0.273. The van der Waals surface area contributed by atoms with E-state index in [0.717, 1.165) is 17.2 Å². The van der Waals surface area contributed by atoms with Gasteiger partial charge in [0.2, 0.25) is 0 Å². The highest BCUT2D eigenvalue weighted by Crippen LogP contribution is 2.14. The summed E-state index contributed by atoms with van der Waals surface area (Å²) in [5, 5.41) is 3.23. The van der Waals surface area contributed by atoms with Crippen molar-refractivity contribution < 1.29 is 0 Å². The van der Waals surface area contributed by atoms with Gasteiger partial charge in [-0.3, -0.25) is 0 Å². The number of pyridine rings is 1. The third kappa shape index (κ3) is 2.13. The molecule has 2 heterocycles. The molecule has 2 aromatic rings. The molecule has 3 N–H and O–H groups in total. The lowest BCUT2D eigenvalue weighted by atomic mass is 10.2. The molecule has 2 aromatic heterocycles. The Morgan fingerprint density at radius 1 is 1.44 bits per heavy atom. The zero-order valence-electron chi connectivity index (χ0n) is 9.44. The topological polar surface area (TPSA) is 68.8 Å². The molecule has 0 fully saturated rings. The van der Waals surface area contributed by atoms with Crippen molar-refractivity contribution in [3.05, 3.63) is 36.0 Å². The molecule has 0 atom stereocenters. The smallest absolute Gasteiger partial charge is 0.129 e. The molecule has 16 heavy (non-hydrogen) atoms. The number of hydrogen-bond donors (Lipinski definition) is 2. The number of nitrogens with one attached hydrogen (secondary N) is 1. The van der Waals surface area contributed by atoms with Gasteiger partial charge in [-0.2, -0.15) is 0 Å². The van der Waals surface area contributed by atoms with Crippen molar-refractivity contribution in [2.24, 2.45) is 7.05 Å². The minimum atomic E-state index is 0.654. The van der Waals surface area contributed by atoms with Crippen molar-refractivity contribution in [1.82, 2.24) is 14.5 Å². The SMILES string of the molecule is Cc1cc(N)cnc1NCc1nccn1C. The summed E-state index contributed by atoms with van der Waals surface area (Å²) in [5.41, 5.74) is 7.35. The Bertz CT molecular complexity index is 489. The van der Waals surface area contributed by atoms with Crippen LogP contribution in [0.2, 0.25) is 0 Å². The van der Waals surface area contributed by atoms with Crippen LogP contribution in [-0.4, -0.2) is 14.5 Å². The largest absolute Gasteiger partial charge is 0.397 e. The summed E-state index contributed by atoms with van der Waals surface area (Å²) < 4.78 is 1.97. The average molecular weight is 217 g/mol. The Hall–Kier alpha value is -2.04. The molecule has 0 aliphatic heterocycles. The Morgan fingerprint density at radius 3 is 2.88 bits per heavy atom. The quantitative estimate of drug-likeness (QED) is 0.813. The second kappa shape index (κ2) is 4.22. The summed E-state index contributed by atoms with van der Waals surface area (Å²) >= 11 is 0. The molecule has 0 saturated carbocycles. The first-order valence-corrected chi connectivity index (χ1v) is 5.09. The molecule has 0 bridgehead atoms. The van der Waals surface area contributed by atoms with Crippen LogP contribution in [0.4, 0.5) is 11.5 Å². The van der Waals surface area contributed by atoms with Crippen LogP contribution >= 0.6 is 0 Å². The third-order valence-corrected chi connectivity index (χ3v) is 2.43. The number of aromatic nitrogens is 3. The van der Waals surface area contributed by atoms with Crippen molar-refractivity contribution in [3.63, 3.8) is 0 Å². The molecule has 0 unspecified atom stereocenters. The van der Waals surface area contributed by atoms with Gasteiger partial charge in [0.1, 0.15) is 11.6 Å². The summed E-state index contributed by atoms with van der Waals surface area (Å²) in [4.78, 5) is 8.46. The van der Waals surface area contributed by atoms with Gasteiger partial charge in [-0.05, 0) is 18.6 Å². The van der Waals surface area contributed by atoms with E-state index in [1.165, 1.54) is 0 Å². The second-order valence-electron chi connectivity index (χ2n) is 3.74. The molecule has 0 aliphatic rings. The number of imidazole rings is 1. The number of nitrogens with two attached hydrogens (primary N) is 1. The molecule has 0 radical (unpaired) electrons. The van der Waals surface area contributed by atoms with Crippen LogP contribution in [0.5, 0.6) is 0 Å². The zero-order chi connectivity index (χ0) is 11.5. The first kappa shape index (κ1) is 10.5. The van der Waals surface area contributed by atoms with Crippen LogP contribution in [0.15, 0.2) is 24.7 Å². The monoisotopic (exact) mass is 217 g/mol. The normalized spacial score (nSPS) is 10.4. The summed E-state index contributed by atoms with van der Waals surface area (Å²) in [7, 11) is 1.97. The Labute approximate surface area is 94.3 Å². The van der Waals surface area contributed by atoms with E-state index in [-0.39, 0.29) is 0 Å². The summed E-state index contributed by atoms with van der Waals surface area (Å²) in [6.45, 7) is 2.63. The molecule has 0 aromatic carbocycles. The van der Waals surface area contributed by atoms with E-state index < -0.39 is 0 Å². The molecular formula is C11H15N5. The van der Waals surface area contributed by atoms with Gasteiger partial charge in [0, 0.05) is 19.4 Å². The fourth-order valence-electron chi connectivity index (χ4n) is 1.51. The molecule has 0 amide bonds.